The largest absolute Gasteiger partial charge is 0.379 e. The molecule has 98 valence electrons. The maximum absolute atomic E-state index is 12.1. The highest BCUT2D eigenvalue weighted by atomic mass is 79.9. The smallest absolute Gasteiger partial charge is 0.339 e. The molecule has 0 aliphatic heterocycles. The minimum Gasteiger partial charge on any atom is -0.379 e. The lowest BCUT2D eigenvalue weighted by atomic mass is 10.2. The standard InChI is InChI=1S/C13H9BrO4S/c14-11-5-7-12(8-6-11)18-19(16,17)13-4-2-1-3-10(13)9-15/h1-9H. The highest BCUT2D eigenvalue weighted by Crippen LogP contribution is 2.22. The summed E-state index contributed by atoms with van der Waals surface area (Å²) in [7, 11) is -4.02. The summed E-state index contributed by atoms with van der Waals surface area (Å²) in [6, 6.07) is 12.2. The van der Waals surface area contributed by atoms with Crippen LogP contribution in [0.5, 0.6) is 5.75 Å². The first-order chi connectivity index (χ1) is 9.03. The van der Waals surface area contributed by atoms with Crippen LogP contribution >= 0.6 is 15.9 Å². The molecular weight excluding hydrogens is 332 g/mol. The Bertz CT molecular complexity index is 693. The van der Waals surface area contributed by atoms with Crippen LogP contribution in [0.15, 0.2) is 57.9 Å². The molecule has 2 rings (SSSR count). The summed E-state index contributed by atoms with van der Waals surface area (Å²) in [4.78, 5) is 10.7. The van der Waals surface area contributed by atoms with Gasteiger partial charge in [0.15, 0.2) is 6.29 Å². The third kappa shape index (κ3) is 3.21. The van der Waals surface area contributed by atoms with Crippen molar-refractivity contribution in [3.63, 3.8) is 0 Å². The molecular formula is C13H9BrO4S. The summed E-state index contributed by atoms with van der Waals surface area (Å²) in [6.45, 7) is 0. The van der Waals surface area contributed by atoms with Crippen LogP contribution in [0.1, 0.15) is 10.4 Å². The summed E-state index contributed by atoms with van der Waals surface area (Å²) in [5.74, 6) is 0.184. The number of carbonyl (C=O) groups is 1. The maximum atomic E-state index is 12.1. The van der Waals surface area contributed by atoms with E-state index in [2.05, 4.69) is 15.9 Å². The fraction of sp³-hybridized carbons (Fsp3) is 0. The number of halogens is 1. The van der Waals surface area contributed by atoms with Gasteiger partial charge in [0, 0.05) is 10.0 Å². The first-order valence-corrected chi connectivity index (χ1v) is 7.47. The summed E-state index contributed by atoms with van der Waals surface area (Å²) < 4.78 is 29.9. The molecule has 19 heavy (non-hydrogen) atoms. The molecule has 0 N–H and O–H groups in total. The lowest BCUT2D eigenvalue weighted by molar-refractivity contribution is 0.112. The first kappa shape index (κ1) is 13.8. The van der Waals surface area contributed by atoms with E-state index >= 15 is 0 Å². The van der Waals surface area contributed by atoms with Gasteiger partial charge in [-0.05, 0) is 30.3 Å². The Morgan fingerprint density at radius 3 is 2.26 bits per heavy atom. The van der Waals surface area contributed by atoms with Crippen LogP contribution in [0.2, 0.25) is 0 Å². The van der Waals surface area contributed by atoms with Gasteiger partial charge in [0.05, 0.1) is 0 Å². The molecule has 0 radical (unpaired) electrons. The SMILES string of the molecule is O=Cc1ccccc1S(=O)(=O)Oc1ccc(Br)cc1. The Balaban J connectivity index is 2.37. The van der Waals surface area contributed by atoms with Crippen LogP contribution in [-0.2, 0) is 10.1 Å². The molecule has 0 saturated heterocycles. The van der Waals surface area contributed by atoms with Gasteiger partial charge in [0.25, 0.3) is 0 Å². The number of carbonyl (C=O) groups excluding carboxylic acids is 1. The van der Waals surface area contributed by atoms with Crippen molar-refractivity contribution in [2.45, 2.75) is 4.90 Å². The minimum absolute atomic E-state index is 0.0691. The molecule has 2 aromatic rings. The molecule has 0 spiro atoms. The summed E-state index contributed by atoms with van der Waals surface area (Å²) in [6.07, 6.45) is 0.484. The Hall–Kier alpha value is -1.66. The molecule has 0 fully saturated rings. The van der Waals surface area contributed by atoms with Crippen molar-refractivity contribution in [1.29, 1.82) is 0 Å². The van der Waals surface area contributed by atoms with Crippen molar-refractivity contribution in [1.82, 2.24) is 0 Å². The van der Waals surface area contributed by atoms with E-state index in [-0.39, 0.29) is 16.2 Å². The predicted octanol–water partition coefficient (Wildman–Crippen LogP) is 3.03. The van der Waals surface area contributed by atoms with E-state index in [4.69, 9.17) is 4.18 Å². The van der Waals surface area contributed by atoms with Gasteiger partial charge in [-0.15, -0.1) is 0 Å². The highest BCUT2D eigenvalue weighted by Gasteiger charge is 2.20. The van der Waals surface area contributed by atoms with Crippen LogP contribution in [0.4, 0.5) is 0 Å². The van der Waals surface area contributed by atoms with E-state index < -0.39 is 10.1 Å². The Kier molecular flexibility index (Phi) is 4.01. The van der Waals surface area contributed by atoms with Gasteiger partial charge < -0.3 is 4.18 Å². The van der Waals surface area contributed by atoms with E-state index in [0.29, 0.717) is 6.29 Å². The minimum atomic E-state index is -4.02. The molecule has 0 amide bonds. The lowest BCUT2D eigenvalue weighted by Gasteiger charge is -2.08. The molecule has 0 bridgehead atoms. The average Bonchev–Trinajstić information content (AvgIpc) is 2.41. The zero-order valence-corrected chi connectivity index (χ0v) is 12.0. The van der Waals surface area contributed by atoms with Gasteiger partial charge >= 0.3 is 10.1 Å². The molecule has 6 heteroatoms. The van der Waals surface area contributed by atoms with E-state index in [1.54, 1.807) is 18.2 Å². The van der Waals surface area contributed by atoms with E-state index in [9.17, 15) is 13.2 Å². The normalized spacial score (nSPS) is 11.0. The van der Waals surface area contributed by atoms with Crippen LogP contribution in [-0.4, -0.2) is 14.7 Å². The van der Waals surface area contributed by atoms with E-state index in [1.807, 2.05) is 0 Å². The van der Waals surface area contributed by atoms with Crippen molar-refractivity contribution in [3.05, 3.63) is 58.6 Å². The molecule has 2 aromatic carbocycles. The second-order valence-corrected chi connectivity index (χ2v) is 6.08. The van der Waals surface area contributed by atoms with Crippen LogP contribution in [0.25, 0.3) is 0 Å². The van der Waals surface area contributed by atoms with Gasteiger partial charge in [-0.25, -0.2) is 0 Å². The molecule has 0 aliphatic carbocycles. The monoisotopic (exact) mass is 340 g/mol. The second kappa shape index (κ2) is 5.54. The van der Waals surface area contributed by atoms with Gasteiger partial charge in [-0.1, -0.05) is 34.1 Å². The van der Waals surface area contributed by atoms with Crippen molar-refractivity contribution < 1.29 is 17.4 Å². The van der Waals surface area contributed by atoms with Crippen molar-refractivity contribution in [2.24, 2.45) is 0 Å². The van der Waals surface area contributed by atoms with Crippen LogP contribution in [0, 0.1) is 0 Å². The molecule has 0 saturated carbocycles. The second-order valence-electron chi connectivity index (χ2n) is 3.65. The number of hydrogen-bond donors (Lipinski definition) is 0. The summed E-state index contributed by atoms with van der Waals surface area (Å²) >= 11 is 3.24. The van der Waals surface area contributed by atoms with E-state index in [1.165, 1.54) is 30.3 Å². The van der Waals surface area contributed by atoms with Crippen LogP contribution < -0.4 is 4.18 Å². The Morgan fingerprint density at radius 1 is 1.00 bits per heavy atom. The lowest BCUT2D eigenvalue weighted by Crippen LogP contribution is -2.11. The van der Waals surface area contributed by atoms with Gasteiger partial charge in [0.2, 0.25) is 0 Å². The quantitative estimate of drug-likeness (QED) is 0.634. The zero-order valence-electron chi connectivity index (χ0n) is 9.62. The molecule has 0 aliphatic rings. The number of rotatable bonds is 4. The van der Waals surface area contributed by atoms with Crippen molar-refractivity contribution in [2.75, 3.05) is 0 Å². The number of benzene rings is 2. The third-order valence-electron chi connectivity index (χ3n) is 2.33. The van der Waals surface area contributed by atoms with Gasteiger partial charge in [-0.2, -0.15) is 8.42 Å². The number of hydrogen-bond acceptors (Lipinski definition) is 4. The van der Waals surface area contributed by atoms with E-state index in [0.717, 1.165) is 4.47 Å². The third-order valence-corrected chi connectivity index (χ3v) is 4.19. The molecule has 0 aromatic heterocycles. The average molecular weight is 341 g/mol. The van der Waals surface area contributed by atoms with Gasteiger partial charge in [-0.3, -0.25) is 4.79 Å². The zero-order chi connectivity index (χ0) is 13.9. The van der Waals surface area contributed by atoms with Crippen molar-refractivity contribution >= 4 is 32.3 Å². The predicted molar refractivity (Wildman–Crippen MR) is 73.8 cm³/mol. The highest BCUT2D eigenvalue weighted by molar-refractivity contribution is 9.10. The molecule has 0 atom stereocenters. The first-order valence-electron chi connectivity index (χ1n) is 5.27. The van der Waals surface area contributed by atoms with Gasteiger partial charge in [0.1, 0.15) is 10.6 Å². The fourth-order valence-corrected chi connectivity index (χ4v) is 2.84. The topological polar surface area (TPSA) is 60.4 Å². The Labute approximate surface area is 119 Å². The maximum Gasteiger partial charge on any atom is 0.339 e. The molecule has 4 nitrogen and oxygen atoms in total. The summed E-state index contributed by atoms with van der Waals surface area (Å²) in [5, 5.41) is 0. The van der Waals surface area contributed by atoms with Crippen LogP contribution in [0.3, 0.4) is 0 Å². The molecule has 0 heterocycles. The van der Waals surface area contributed by atoms with Crippen molar-refractivity contribution in [3.8, 4) is 5.75 Å². The Morgan fingerprint density at radius 2 is 1.63 bits per heavy atom. The fourth-order valence-electron chi connectivity index (χ4n) is 1.47. The molecule has 0 unspecified atom stereocenters. The number of aldehydes is 1. The summed E-state index contributed by atoms with van der Waals surface area (Å²) in [5.41, 5.74) is 0.0691.